The van der Waals surface area contributed by atoms with Crippen molar-refractivity contribution in [3.05, 3.63) is 107 Å². The number of hydrogen-bond acceptors (Lipinski definition) is 5. The summed E-state index contributed by atoms with van der Waals surface area (Å²) in [5.41, 5.74) is 4.71. The molecule has 1 aromatic heterocycles. The van der Waals surface area contributed by atoms with Crippen LogP contribution in [0, 0.1) is 5.92 Å². The molecule has 1 fully saturated rings. The van der Waals surface area contributed by atoms with E-state index in [0.29, 0.717) is 12.5 Å². The number of pyridine rings is 1. The Morgan fingerprint density at radius 3 is 2.55 bits per heavy atom. The fraction of sp³-hybridized carbons (Fsp3) is 0.281. The van der Waals surface area contributed by atoms with Gasteiger partial charge in [0.05, 0.1) is 23.0 Å². The predicted molar refractivity (Wildman–Crippen MR) is 148 cm³/mol. The molecule has 5 rings (SSSR count). The first-order chi connectivity index (χ1) is 18.6. The lowest BCUT2D eigenvalue weighted by molar-refractivity contribution is 0.0696. The topological polar surface area (TPSA) is 92.0 Å². The summed E-state index contributed by atoms with van der Waals surface area (Å²) in [5.74, 6) is 0.315. The van der Waals surface area contributed by atoms with E-state index in [2.05, 4.69) is 28.3 Å². The molecule has 1 heterocycles. The zero-order valence-electron chi connectivity index (χ0n) is 21.3. The third kappa shape index (κ3) is 6.02. The van der Waals surface area contributed by atoms with Gasteiger partial charge in [0.15, 0.2) is 0 Å². The number of nitrogens with zero attached hydrogens (tertiary/aromatic N) is 2. The minimum Gasteiger partial charge on any atom is -0.487 e. The van der Waals surface area contributed by atoms with Crippen LogP contribution < -0.4 is 4.74 Å². The van der Waals surface area contributed by atoms with Crippen LogP contribution in [0.15, 0.2) is 84.0 Å². The molecule has 6 heteroatoms. The molecule has 1 aliphatic rings. The molecular weight excluding hydrogens is 476 g/mol. The monoisotopic (exact) mass is 508 g/mol. The molecule has 1 saturated carbocycles. The molecule has 1 atom stereocenters. The Labute approximate surface area is 222 Å². The van der Waals surface area contributed by atoms with Crippen LogP contribution in [-0.4, -0.2) is 27.5 Å². The standard InChI is InChI=1S/C32H32N2O4/c35-32(36)25-10-11-26(20-33-37)30(19-25)29(18-22-6-2-1-3-7-22)23-13-16-28(17-14-23)38-21-27-15-12-24-8-4-5-9-31(24)34-27/h4-5,8-17,19-20,22,29,37H,1-3,6-7,18,21H2,(H,35,36). The molecule has 0 saturated heterocycles. The van der Waals surface area contributed by atoms with Gasteiger partial charge in [0.25, 0.3) is 0 Å². The fourth-order valence-corrected chi connectivity index (χ4v) is 5.53. The van der Waals surface area contributed by atoms with Gasteiger partial charge in [-0.25, -0.2) is 9.78 Å². The predicted octanol–water partition coefficient (Wildman–Crippen LogP) is 7.42. The lowest BCUT2D eigenvalue weighted by Crippen LogP contribution is -2.14. The van der Waals surface area contributed by atoms with E-state index in [1.165, 1.54) is 38.3 Å². The Hall–Kier alpha value is -4.19. The maximum absolute atomic E-state index is 11.8. The minimum atomic E-state index is -0.971. The molecule has 0 aliphatic heterocycles. The summed E-state index contributed by atoms with van der Waals surface area (Å²) in [7, 11) is 0. The van der Waals surface area contributed by atoms with E-state index in [1.54, 1.807) is 18.2 Å². The van der Waals surface area contributed by atoms with Crippen molar-refractivity contribution >= 4 is 23.1 Å². The Morgan fingerprint density at radius 1 is 1.00 bits per heavy atom. The third-order valence-corrected chi connectivity index (χ3v) is 7.53. The van der Waals surface area contributed by atoms with E-state index in [1.807, 2.05) is 42.5 Å². The van der Waals surface area contributed by atoms with Gasteiger partial charge in [0.2, 0.25) is 0 Å². The van der Waals surface area contributed by atoms with Gasteiger partial charge >= 0.3 is 5.97 Å². The maximum atomic E-state index is 11.8. The largest absolute Gasteiger partial charge is 0.487 e. The number of carbonyl (C=O) groups is 1. The Bertz CT molecular complexity index is 1430. The average molecular weight is 509 g/mol. The van der Waals surface area contributed by atoms with Gasteiger partial charge in [-0.05, 0) is 65.4 Å². The first-order valence-electron chi connectivity index (χ1n) is 13.2. The minimum absolute atomic E-state index is 0.0263. The number of fused-ring (bicyclic) bond motifs is 1. The molecule has 194 valence electrons. The van der Waals surface area contributed by atoms with Crippen molar-refractivity contribution in [2.24, 2.45) is 11.1 Å². The smallest absolute Gasteiger partial charge is 0.335 e. The van der Waals surface area contributed by atoms with Crippen LogP contribution in [0.25, 0.3) is 10.9 Å². The van der Waals surface area contributed by atoms with Crippen molar-refractivity contribution in [2.45, 2.75) is 51.0 Å². The zero-order chi connectivity index (χ0) is 26.3. The van der Waals surface area contributed by atoms with Gasteiger partial charge in [0, 0.05) is 11.3 Å². The third-order valence-electron chi connectivity index (χ3n) is 7.53. The zero-order valence-corrected chi connectivity index (χ0v) is 21.3. The number of rotatable bonds is 9. The number of aromatic nitrogens is 1. The number of ether oxygens (including phenoxy) is 1. The number of aromatic carboxylic acids is 1. The van der Waals surface area contributed by atoms with E-state index in [0.717, 1.165) is 45.5 Å². The Kier molecular flexibility index (Phi) is 7.98. The molecule has 1 aliphatic carbocycles. The number of para-hydroxylation sites is 1. The molecule has 6 nitrogen and oxygen atoms in total. The Balaban J connectivity index is 1.40. The van der Waals surface area contributed by atoms with Crippen LogP contribution in [0.5, 0.6) is 5.75 Å². The van der Waals surface area contributed by atoms with Gasteiger partial charge in [0.1, 0.15) is 12.4 Å². The van der Waals surface area contributed by atoms with Crippen LogP contribution in [0.1, 0.15) is 77.2 Å². The van der Waals surface area contributed by atoms with E-state index in [-0.39, 0.29) is 11.5 Å². The lowest BCUT2D eigenvalue weighted by Gasteiger charge is -2.28. The highest BCUT2D eigenvalue weighted by Gasteiger charge is 2.24. The van der Waals surface area contributed by atoms with Crippen molar-refractivity contribution in [3.8, 4) is 5.75 Å². The van der Waals surface area contributed by atoms with Crippen LogP contribution in [0.4, 0.5) is 0 Å². The van der Waals surface area contributed by atoms with Crippen molar-refractivity contribution in [1.29, 1.82) is 0 Å². The summed E-state index contributed by atoms with van der Waals surface area (Å²) in [4.78, 5) is 16.5. The molecule has 0 spiro atoms. The van der Waals surface area contributed by atoms with Crippen LogP contribution in [-0.2, 0) is 6.61 Å². The van der Waals surface area contributed by atoms with E-state index >= 15 is 0 Å². The highest BCUT2D eigenvalue weighted by atomic mass is 16.5. The van der Waals surface area contributed by atoms with Crippen molar-refractivity contribution in [3.63, 3.8) is 0 Å². The molecule has 3 aromatic carbocycles. The number of oxime groups is 1. The van der Waals surface area contributed by atoms with E-state index < -0.39 is 5.97 Å². The summed E-state index contributed by atoms with van der Waals surface area (Å²) in [6, 6.07) is 25.1. The SMILES string of the molecule is O=C(O)c1ccc(C=NO)c(C(CC2CCCCC2)c2ccc(OCc3ccc4ccccc4n3)cc2)c1. The summed E-state index contributed by atoms with van der Waals surface area (Å²) >= 11 is 0. The maximum Gasteiger partial charge on any atom is 0.335 e. The molecule has 0 bridgehead atoms. The highest BCUT2D eigenvalue weighted by molar-refractivity contribution is 5.90. The molecule has 38 heavy (non-hydrogen) atoms. The fourth-order valence-electron chi connectivity index (χ4n) is 5.53. The molecule has 2 N–H and O–H groups in total. The first kappa shape index (κ1) is 25.5. The van der Waals surface area contributed by atoms with Gasteiger partial charge in [-0.15, -0.1) is 0 Å². The second-order valence-corrected chi connectivity index (χ2v) is 10.0. The van der Waals surface area contributed by atoms with Gasteiger partial charge in [-0.3, -0.25) is 0 Å². The Morgan fingerprint density at radius 2 is 1.79 bits per heavy atom. The van der Waals surface area contributed by atoms with Crippen LogP contribution >= 0.6 is 0 Å². The van der Waals surface area contributed by atoms with Gasteiger partial charge in [-0.1, -0.05) is 79.7 Å². The number of benzene rings is 3. The second kappa shape index (κ2) is 11.9. The van der Waals surface area contributed by atoms with Gasteiger partial charge in [-0.2, -0.15) is 0 Å². The molecule has 1 unspecified atom stereocenters. The lowest BCUT2D eigenvalue weighted by atomic mass is 9.76. The molecule has 4 aromatic rings. The normalized spacial score (nSPS) is 15.1. The molecule has 0 amide bonds. The summed E-state index contributed by atoms with van der Waals surface area (Å²) in [5, 5.41) is 23.3. The van der Waals surface area contributed by atoms with E-state index in [9.17, 15) is 15.1 Å². The van der Waals surface area contributed by atoms with Crippen LogP contribution in [0.2, 0.25) is 0 Å². The van der Waals surface area contributed by atoms with Crippen molar-refractivity contribution in [1.82, 2.24) is 4.98 Å². The first-order valence-corrected chi connectivity index (χ1v) is 13.2. The average Bonchev–Trinajstić information content (AvgIpc) is 2.96. The van der Waals surface area contributed by atoms with E-state index in [4.69, 9.17) is 4.74 Å². The van der Waals surface area contributed by atoms with Crippen LogP contribution in [0.3, 0.4) is 0 Å². The summed E-state index contributed by atoms with van der Waals surface area (Å²) in [6.45, 7) is 0.369. The molecular formula is C32H32N2O4. The highest BCUT2D eigenvalue weighted by Crippen LogP contribution is 2.39. The summed E-state index contributed by atoms with van der Waals surface area (Å²) in [6.07, 6.45) is 8.40. The number of hydrogen-bond donors (Lipinski definition) is 2. The summed E-state index contributed by atoms with van der Waals surface area (Å²) < 4.78 is 6.05. The van der Waals surface area contributed by atoms with Crippen molar-refractivity contribution < 1.29 is 19.8 Å². The number of carboxylic acid groups (broad SMARTS) is 1. The van der Waals surface area contributed by atoms with Gasteiger partial charge < -0.3 is 15.1 Å². The number of carboxylic acids is 1. The second-order valence-electron chi connectivity index (χ2n) is 10.0. The van der Waals surface area contributed by atoms with Crippen molar-refractivity contribution in [2.75, 3.05) is 0 Å². The quantitative estimate of drug-likeness (QED) is 0.139. The molecule has 0 radical (unpaired) electrons.